The number of aromatic nitrogens is 1. The molecule has 1 fully saturated rings. The first kappa shape index (κ1) is 12.3. The number of rotatable bonds is 2. The second-order valence-corrected chi connectivity index (χ2v) is 5.67. The number of hydrogen-bond donors (Lipinski definition) is 2. The molecule has 1 aliphatic rings. The summed E-state index contributed by atoms with van der Waals surface area (Å²) in [6, 6.07) is 6.03. The number of H-pyrrole nitrogens is 1. The Morgan fingerprint density at radius 2 is 2.26 bits per heavy atom. The molecule has 2 heterocycles. The lowest BCUT2D eigenvalue weighted by Crippen LogP contribution is -2.40. The van der Waals surface area contributed by atoms with E-state index in [9.17, 15) is 4.79 Å². The average Bonchev–Trinajstić information content (AvgIpc) is 2.67. The molecular weight excluding hydrogens is 244 g/mol. The van der Waals surface area contributed by atoms with Crippen LogP contribution >= 0.6 is 0 Å². The summed E-state index contributed by atoms with van der Waals surface area (Å²) in [5, 5.41) is 3.49. The molecule has 1 atom stereocenters. The van der Waals surface area contributed by atoms with Crippen LogP contribution in [0.3, 0.4) is 0 Å². The normalized spacial score (nSPS) is 22.5. The third-order valence-electron chi connectivity index (χ3n) is 3.49. The summed E-state index contributed by atoms with van der Waals surface area (Å²) in [6.45, 7) is 4.99. The van der Waals surface area contributed by atoms with Gasteiger partial charge >= 0.3 is 5.76 Å². The Bertz CT molecular complexity index is 641. The smallest absolute Gasteiger partial charge is 0.408 e. The Hall–Kier alpha value is -1.75. The van der Waals surface area contributed by atoms with Gasteiger partial charge in [-0.3, -0.25) is 4.98 Å². The van der Waals surface area contributed by atoms with Gasteiger partial charge in [0.25, 0.3) is 0 Å². The fourth-order valence-corrected chi connectivity index (χ4v) is 2.63. The highest BCUT2D eigenvalue weighted by Gasteiger charge is 2.28. The van der Waals surface area contributed by atoms with E-state index < -0.39 is 5.76 Å². The van der Waals surface area contributed by atoms with Gasteiger partial charge in [-0.05, 0) is 44.9 Å². The molecule has 0 amide bonds. The first-order valence-electron chi connectivity index (χ1n) is 6.55. The molecule has 19 heavy (non-hydrogen) atoms. The van der Waals surface area contributed by atoms with E-state index in [-0.39, 0.29) is 5.60 Å². The van der Waals surface area contributed by atoms with Gasteiger partial charge < -0.3 is 14.5 Å². The number of ether oxygens (including phenoxy) is 1. The molecule has 2 N–H and O–H groups in total. The zero-order valence-corrected chi connectivity index (χ0v) is 11.2. The number of aromatic amines is 1. The summed E-state index contributed by atoms with van der Waals surface area (Å²) >= 11 is 0. The van der Waals surface area contributed by atoms with E-state index in [0.29, 0.717) is 11.6 Å². The Morgan fingerprint density at radius 1 is 1.42 bits per heavy atom. The molecule has 1 aliphatic heterocycles. The van der Waals surface area contributed by atoms with Crippen LogP contribution in [0.5, 0.6) is 0 Å². The van der Waals surface area contributed by atoms with Gasteiger partial charge in [-0.2, -0.15) is 0 Å². The van der Waals surface area contributed by atoms with Gasteiger partial charge in [-0.1, -0.05) is 0 Å². The fourth-order valence-electron chi connectivity index (χ4n) is 2.63. The maximum Gasteiger partial charge on any atom is 0.417 e. The molecule has 0 spiro atoms. The van der Waals surface area contributed by atoms with Crippen molar-refractivity contribution in [2.24, 2.45) is 0 Å². The van der Waals surface area contributed by atoms with Crippen molar-refractivity contribution in [1.82, 2.24) is 4.98 Å². The molecule has 1 aromatic carbocycles. The largest absolute Gasteiger partial charge is 0.417 e. The molecule has 0 aliphatic carbocycles. The molecule has 2 aromatic rings. The van der Waals surface area contributed by atoms with Crippen molar-refractivity contribution in [1.29, 1.82) is 0 Å². The van der Waals surface area contributed by atoms with Gasteiger partial charge in [0.1, 0.15) is 0 Å². The molecular formula is C14H18N2O3. The Balaban J connectivity index is 1.79. The van der Waals surface area contributed by atoms with Gasteiger partial charge in [0.05, 0.1) is 11.1 Å². The third kappa shape index (κ3) is 2.66. The van der Waals surface area contributed by atoms with Crippen molar-refractivity contribution in [2.75, 3.05) is 11.9 Å². The van der Waals surface area contributed by atoms with Crippen LogP contribution in [-0.2, 0) is 4.74 Å². The van der Waals surface area contributed by atoms with Crippen molar-refractivity contribution in [3.05, 3.63) is 28.7 Å². The summed E-state index contributed by atoms with van der Waals surface area (Å²) in [5.74, 6) is -0.417. The number of nitrogens with one attached hydrogen (secondary N) is 2. The molecule has 3 rings (SSSR count). The number of oxazole rings is 1. The summed E-state index contributed by atoms with van der Waals surface area (Å²) < 4.78 is 10.7. The van der Waals surface area contributed by atoms with Crippen molar-refractivity contribution in [3.63, 3.8) is 0 Å². The van der Waals surface area contributed by atoms with E-state index in [2.05, 4.69) is 24.1 Å². The highest BCUT2D eigenvalue weighted by atomic mass is 16.5. The highest BCUT2D eigenvalue weighted by molar-refractivity contribution is 5.76. The molecule has 1 aromatic heterocycles. The second kappa shape index (κ2) is 4.42. The summed E-state index contributed by atoms with van der Waals surface area (Å²) in [5.41, 5.74) is 2.22. The van der Waals surface area contributed by atoms with Crippen LogP contribution in [0, 0.1) is 0 Å². The molecule has 102 valence electrons. The monoisotopic (exact) mass is 262 g/mol. The van der Waals surface area contributed by atoms with E-state index in [1.54, 1.807) is 6.07 Å². The minimum atomic E-state index is -0.417. The van der Waals surface area contributed by atoms with Crippen LogP contribution in [0.4, 0.5) is 5.69 Å². The van der Waals surface area contributed by atoms with Crippen LogP contribution in [0.15, 0.2) is 27.4 Å². The minimum absolute atomic E-state index is 0.0794. The van der Waals surface area contributed by atoms with Crippen molar-refractivity contribution < 1.29 is 9.15 Å². The molecule has 1 unspecified atom stereocenters. The maximum absolute atomic E-state index is 11.1. The van der Waals surface area contributed by atoms with Crippen molar-refractivity contribution >= 4 is 16.8 Å². The average molecular weight is 262 g/mol. The third-order valence-corrected chi connectivity index (χ3v) is 3.49. The van der Waals surface area contributed by atoms with Crippen LogP contribution in [0.2, 0.25) is 0 Å². The predicted molar refractivity (Wildman–Crippen MR) is 73.5 cm³/mol. The number of hydrogen-bond acceptors (Lipinski definition) is 4. The lowest BCUT2D eigenvalue weighted by atomic mass is 9.94. The Morgan fingerprint density at radius 3 is 3.05 bits per heavy atom. The van der Waals surface area contributed by atoms with Crippen LogP contribution in [0.1, 0.15) is 26.7 Å². The Kier molecular flexibility index (Phi) is 2.86. The minimum Gasteiger partial charge on any atom is -0.408 e. The van der Waals surface area contributed by atoms with Crippen molar-refractivity contribution in [2.45, 2.75) is 38.3 Å². The summed E-state index contributed by atoms with van der Waals surface area (Å²) in [7, 11) is 0. The van der Waals surface area contributed by atoms with Gasteiger partial charge in [0.15, 0.2) is 5.58 Å². The zero-order valence-electron chi connectivity index (χ0n) is 11.2. The zero-order chi connectivity index (χ0) is 13.5. The van der Waals surface area contributed by atoms with Crippen LogP contribution in [0.25, 0.3) is 11.1 Å². The lowest BCUT2D eigenvalue weighted by Gasteiger charge is -2.36. The SMILES string of the molecule is CC1(C)CC(Nc2ccc3oc(=O)[nH]c3c2)CCO1. The van der Waals surface area contributed by atoms with Gasteiger partial charge in [0, 0.05) is 18.3 Å². The molecule has 0 radical (unpaired) electrons. The van der Waals surface area contributed by atoms with E-state index in [1.165, 1.54) is 0 Å². The van der Waals surface area contributed by atoms with E-state index in [4.69, 9.17) is 9.15 Å². The molecule has 0 bridgehead atoms. The molecule has 5 heteroatoms. The number of fused-ring (bicyclic) bond motifs is 1. The van der Waals surface area contributed by atoms with Gasteiger partial charge in [0.2, 0.25) is 0 Å². The topological polar surface area (TPSA) is 67.3 Å². The lowest BCUT2D eigenvalue weighted by molar-refractivity contribution is -0.0553. The Labute approximate surface area is 111 Å². The van der Waals surface area contributed by atoms with Gasteiger partial charge in [-0.25, -0.2) is 4.79 Å². The summed E-state index contributed by atoms with van der Waals surface area (Å²) in [4.78, 5) is 13.8. The van der Waals surface area contributed by atoms with E-state index >= 15 is 0 Å². The molecule has 5 nitrogen and oxygen atoms in total. The highest BCUT2D eigenvalue weighted by Crippen LogP contribution is 2.27. The fraction of sp³-hybridized carbons (Fsp3) is 0.500. The predicted octanol–water partition coefficient (Wildman–Crippen LogP) is 2.49. The first-order chi connectivity index (χ1) is 9.02. The molecule has 0 saturated carbocycles. The quantitative estimate of drug-likeness (QED) is 0.872. The van der Waals surface area contributed by atoms with E-state index in [0.717, 1.165) is 30.7 Å². The molecule has 1 saturated heterocycles. The van der Waals surface area contributed by atoms with Crippen molar-refractivity contribution in [3.8, 4) is 0 Å². The second-order valence-electron chi connectivity index (χ2n) is 5.67. The number of benzene rings is 1. The van der Waals surface area contributed by atoms with Gasteiger partial charge in [-0.15, -0.1) is 0 Å². The van der Waals surface area contributed by atoms with Crippen LogP contribution < -0.4 is 11.1 Å². The van der Waals surface area contributed by atoms with E-state index in [1.807, 2.05) is 12.1 Å². The number of anilines is 1. The first-order valence-corrected chi connectivity index (χ1v) is 6.55. The maximum atomic E-state index is 11.1. The summed E-state index contributed by atoms with van der Waals surface area (Å²) in [6.07, 6.45) is 1.95. The van der Waals surface area contributed by atoms with Crippen LogP contribution in [-0.4, -0.2) is 23.2 Å². The standard InChI is InChI=1S/C14H18N2O3/c1-14(2)8-10(5-6-18-14)15-9-3-4-12-11(7-9)16-13(17)19-12/h3-4,7,10,15H,5-6,8H2,1-2H3,(H,16,17).